The van der Waals surface area contributed by atoms with E-state index >= 15 is 0 Å². The third kappa shape index (κ3) is 4.61. The smallest absolute Gasteiger partial charge is 0.389 e. The molecule has 0 aromatic carbocycles. The van der Waals surface area contributed by atoms with Crippen molar-refractivity contribution in [3.63, 3.8) is 0 Å². The van der Waals surface area contributed by atoms with Gasteiger partial charge in [0.05, 0.1) is 6.10 Å². The Balaban J connectivity index is 3.68. The highest BCUT2D eigenvalue weighted by atomic mass is 19.4. The molecule has 2 unspecified atom stereocenters. The number of aliphatic hydroxyl groups excluding tert-OH is 1. The summed E-state index contributed by atoms with van der Waals surface area (Å²) >= 11 is 0. The Morgan fingerprint density at radius 1 is 1.30 bits per heavy atom. The predicted octanol–water partition coefficient (Wildman–Crippen LogP) is 1.96. The normalized spacial score (nSPS) is 18.6. The van der Waals surface area contributed by atoms with Crippen LogP contribution in [0.2, 0.25) is 0 Å². The first-order valence-corrected chi connectivity index (χ1v) is 3.07. The Hall–Kier alpha value is -0.250. The van der Waals surface area contributed by atoms with Gasteiger partial charge in [0.1, 0.15) is 0 Å². The highest BCUT2D eigenvalue weighted by Gasteiger charge is 2.31. The summed E-state index contributed by atoms with van der Waals surface area (Å²) in [5.41, 5.74) is 0. The van der Waals surface area contributed by atoms with Crippen LogP contribution >= 0.6 is 0 Å². The van der Waals surface area contributed by atoms with Crippen LogP contribution in [-0.2, 0) is 0 Å². The maximum absolute atomic E-state index is 11.6. The molecular weight excluding hydrogens is 145 g/mol. The molecule has 2 atom stereocenters. The second-order valence-corrected chi connectivity index (χ2v) is 2.54. The molecule has 10 heavy (non-hydrogen) atoms. The highest BCUT2D eigenvalue weighted by molar-refractivity contribution is 4.63. The van der Waals surface area contributed by atoms with Gasteiger partial charge in [0.2, 0.25) is 0 Å². The molecule has 4 heteroatoms. The van der Waals surface area contributed by atoms with Gasteiger partial charge in [0, 0.05) is 6.42 Å². The van der Waals surface area contributed by atoms with Crippen molar-refractivity contribution in [3.05, 3.63) is 0 Å². The van der Waals surface area contributed by atoms with Gasteiger partial charge in [-0.15, -0.1) is 0 Å². The molecule has 0 aliphatic rings. The maximum atomic E-state index is 11.6. The molecule has 0 radical (unpaired) electrons. The zero-order chi connectivity index (χ0) is 8.36. The summed E-state index contributed by atoms with van der Waals surface area (Å²) in [5, 5.41) is 8.68. The Morgan fingerprint density at radius 3 is 1.80 bits per heavy atom. The molecule has 0 aromatic rings. The first kappa shape index (κ1) is 9.75. The standard InChI is InChI=1S/C6H11F3O/c1-4(5(2)10)3-6(7,8)9/h4-5,10H,3H2,1-2H3. The fourth-order valence-electron chi connectivity index (χ4n) is 0.536. The monoisotopic (exact) mass is 156 g/mol. The molecule has 1 nitrogen and oxygen atoms in total. The summed E-state index contributed by atoms with van der Waals surface area (Å²) in [7, 11) is 0. The SMILES string of the molecule is CC(O)C(C)CC(F)(F)F. The van der Waals surface area contributed by atoms with Gasteiger partial charge in [0.25, 0.3) is 0 Å². The summed E-state index contributed by atoms with van der Waals surface area (Å²) in [4.78, 5) is 0. The lowest BCUT2D eigenvalue weighted by molar-refractivity contribution is -0.150. The molecule has 0 saturated heterocycles. The third-order valence-electron chi connectivity index (χ3n) is 1.38. The van der Waals surface area contributed by atoms with Gasteiger partial charge in [-0.1, -0.05) is 6.92 Å². The summed E-state index contributed by atoms with van der Waals surface area (Å²) < 4.78 is 34.7. The van der Waals surface area contributed by atoms with E-state index in [2.05, 4.69) is 0 Å². The van der Waals surface area contributed by atoms with Crippen LogP contribution in [0.1, 0.15) is 20.3 Å². The van der Waals surface area contributed by atoms with E-state index in [4.69, 9.17) is 5.11 Å². The zero-order valence-corrected chi connectivity index (χ0v) is 5.94. The van der Waals surface area contributed by atoms with E-state index in [1.165, 1.54) is 13.8 Å². The molecule has 62 valence electrons. The van der Waals surface area contributed by atoms with Crippen LogP contribution in [0.15, 0.2) is 0 Å². The van der Waals surface area contributed by atoms with E-state index in [1.807, 2.05) is 0 Å². The van der Waals surface area contributed by atoms with Crippen molar-refractivity contribution >= 4 is 0 Å². The molecular formula is C6H11F3O. The largest absolute Gasteiger partial charge is 0.393 e. The summed E-state index contributed by atoms with van der Waals surface area (Å²) in [6.07, 6.45) is -5.96. The highest BCUT2D eigenvalue weighted by Crippen LogP contribution is 2.25. The minimum Gasteiger partial charge on any atom is -0.393 e. The molecule has 0 aliphatic heterocycles. The fraction of sp³-hybridized carbons (Fsp3) is 1.00. The summed E-state index contributed by atoms with van der Waals surface area (Å²) in [5.74, 6) is -0.708. The average Bonchev–Trinajstić information content (AvgIpc) is 1.60. The van der Waals surface area contributed by atoms with Gasteiger partial charge in [-0.3, -0.25) is 0 Å². The van der Waals surface area contributed by atoms with E-state index in [0.29, 0.717) is 0 Å². The Morgan fingerprint density at radius 2 is 1.70 bits per heavy atom. The molecule has 0 bridgehead atoms. The van der Waals surface area contributed by atoms with Crippen molar-refractivity contribution in [3.8, 4) is 0 Å². The lowest BCUT2D eigenvalue weighted by atomic mass is 10.0. The van der Waals surface area contributed by atoms with E-state index in [1.54, 1.807) is 0 Å². The molecule has 0 aromatic heterocycles. The van der Waals surface area contributed by atoms with Crippen molar-refractivity contribution < 1.29 is 18.3 Å². The molecule has 0 spiro atoms. The topological polar surface area (TPSA) is 20.2 Å². The minimum absolute atomic E-state index is 0.708. The van der Waals surface area contributed by atoms with Gasteiger partial charge >= 0.3 is 6.18 Å². The third-order valence-corrected chi connectivity index (χ3v) is 1.38. The van der Waals surface area contributed by atoms with Gasteiger partial charge in [-0.2, -0.15) is 13.2 Å². The van der Waals surface area contributed by atoms with Gasteiger partial charge in [-0.25, -0.2) is 0 Å². The van der Waals surface area contributed by atoms with E-state index in [-0.39, 0.29) is 0 Å². The zero-order valence-electron chi connectivity index (χ0n) is 5.94. The molecule has 0 heterocycles. The first-order valence-electron chi connectivity index (χ1n) is 3.07. The number of alkyl halides is 3. The van der Waals surface area contributed by atoms with Gasteiger partial charge in [-0.05, 0) is 12.8 Å². The van der Waals surface area contributed by atoms with Crippen molar-refractivity contribution in [2.75, 3.05) is 0 Å². The van der Waals surface area contributed by atoms with E-state index in [9.17, 15) is 13.2 Å². The van der Waals surface area contributed by atoms with Crippen LogP contribution in [0.4, 0.5) is 13.2 Å². The lowest BCUT2D eigenvalue weighted by Crippen LogP contribution is -2.21. The fourth-order valence-corrected chi connectivity index (χ4v) is 0.536. The molecule has 0 saturated carbocycles. The molecule has 0 fully saturated rings. The van der Waals surface area contributed by atoms with Crippen LogP contribution in [0.3, 0.4) is 0 Å². The number of aliphatic hydroxyl groups is 1. The number of hydrogen-bond acceptors (Lipinski definition) is 1. The van der Waals surface area contributed by atoms with E-state index < -0.39 is 24.6 Å². The van der Waals surface area contributed by atoms with Crippen LogP contribution < -0.4 is 0 Å². The second-order valence-electron chi connectivity index (χ2n) is 2.54. The first-order chi connectivity index (χ1) is 4.33. The predicted molar refractivity (Wildman–Crippen MR) is 31.5 cm³/mol. The maximum Gasteiger partial charge on any atom is 0.389 e. The molecule has 0 rings (SSSR count). The van der Waals surface area contributed by atoms with Crippen molar-refractivity contribution in [2.24, 2.45) is 5.92 Å². The van der Waals surface area contributed by atoms with Crippen molar-refractivity contribution in [1.82, 2.24) is 0 Å². The average molecular weight is 156 g/mol. The van der Waals surface area contributed by atoms with Crippen molar-refractivity contribution in [1.29, 1.82) is 0 Å². The lowest BCUT2D eigenvalue weighted by Gasteiger charge is -2.15. The molecule has 0 amide bonds. The van der Waals surface area contributed by atoms with E-state index in [0.717, 1.165) is 0 Å². The molecule has 0 aliphatic carbocycles. The second kappa shape index (κ2) is 3.23. The number of hydrogen-bond donors (Lipinski definition) is 1. The summed E-state index contributed by atoms with van der Waals surface area (Å²) in [6.45, 7) is 2.73. The van der Waals surface area contributed by atoms with Gasteiger partial charge in [0.15, 0.2) is 0 Å². The van der Waals surface area contributed by atoms with Crippen LogP contribution in [0.25, 0.3) is 0 Å². The summed E-state index contributed by atoms with van der Waals surface area (Å²) in [6, 6.07) is 0. The quantitative estimate of drug-likeness (QED) is 0.647. The van der Waals surface area contributed by atoms with Crippen LogP contribution in [0.5, 0.6) is 0 Å². The Kier molecular flexibility index (Phi) is 3.15. The Bertz CT molecular complexity index is 97.7. The Labute approximate surface area is 57.9 Å². The molecule has 1 N–H and O–H groups in total. The van der Waals surface area contributed by atoms with Gasteiger partial charge < -0.3 is 5.11 Å². The minimum atomic E-state index is -4.16. The van der Waals surface area contributed by atoms with Crippen LogP contribution in [-0.4, -0.2) is 17.4 Å². The number of rotatable bonds is 2. The van der Waals surface area contributed by atoms with Crippen LogP contribution in [0, 0.1) is 5.92 Å². The number of halogens is 3. The van der Waals surface area contributed by atoms with Crippen molar-refractivity contribution in [2.45, 2.75) is 32.5 Å².